The van der Waals surface area contributed by atoms with Gasteiger partial charge in [-0.05, 0) is 37.6 Å². The third-order valence-electron chi connectivity index (χ3n) is 3.85. The fourth-order valence-corrected chi connectivity index (χ4v) is 3.29. The predicted octanol–water partition coefficient (Wildman–Crippen LogP) is 2.93. The lowest BCUT2D eigenvalue weighted by Crippen LogP contribution is -2.20. The van der Waals surface area contributed by atoms with Gasteiger partial charge in [-0.15, -0.1) is 0 Å². The summed E-state index contributed by atoms with van der Waals surface area (Å²) in [5.74, 6) is 1.46. The number of aromatic nitrogens is 3. The first-order valence-electron chi connectivity index (χ1n) is 8.04. The van der Waals surface area contributed by atoms with E-state index in [0.29, 0.717) is 18.1 Å². The Labute approximate surface area is 147 Å². The molecule has 2 aromatic heterocycles. The Morgan fingerprint density at radius 1 is 1.08 bits per heavy atom. The van der Waals surface area contributed by atoms with E-state index in [-0.39, 0.29) is 11.8 Å². The lowest BCUT2D eigenvalue weighted by Gasteiger charge is -2.16. The van der Waals surface area contributed by atoms with Crippen molar-refractivity contribution in [3.05, 3.63) is 48.8 Å². The molecule has 130 valence electrons. The van der Waals surface area contributed by atoms with Crippen LogP contribution in [0.2, 0.25) is 0 Å². The Morgan fingerprint density at radius 2 is 1.80 bits per heavy atom. The molecule has 1 N–H and O–H groups in total. The van der Waals surface area contributed by atoms with Crippen molar-refractivity contribution in [3.8, 4) is 11.4 Å². The Kier molecular flexibility index (Phi) is 4.94. The summed E-state index contributed by atoms with van der Waals surface area (Å²) in [5.41, 5.74) is 1.72. The highest BCUT2D eigenvalue weighted by atomic mass is 32.2. The quantitative estimate of drug-likeness (QED) is 0.731. The molecule has 6 nitrogen and oxygen atoms in total. The molecule has 0 spiro atoms. The number of pyridine rings is 1. The number of hydrogen-bond acceptors (Lipinski definition) is 6. The number of para-hydroxylation sites is 1. The molecule has 25 heavy (non-hydrogen) atoms. The number of nitrogens with zero attached hydrogens (tertiary/aromatic N) is 3. The second kappa shape index (κ2) is 7.14. The topological polar surface area (TPSA) is 84.8 Å². The number of nitrogens with one attached hydrogen (secondary N) is 1. The lowest BCUT2D eigenvalue weighted by molar-refractivity contribution is 0.595. The van der Waals surface area contributed by atoms with Crippen molar-refractivity contribution in [2.45, 2.75) is 19.4 Å². The molecule has 1 aromatic carbocycles. The van der Waals surface area contributed by atoms with Crippen LogP contribution in [-0.2, 0) is 9.84 Å². The minimum Gasteiger partial charge on any atom is -0.367 e. The average Bonchev–Trinajstić information content (AvgIpc) is 2.60. The van der Waals surface area contributed by atoms with Crippen molar-refractivity contribution in [1.82, 2.24) is 15.0 Å². The second-order valence-electron chi connectivity index (χ2n) is 6.11. The summed E-state index contributed by atoms with van der Waals surface area (Å²) in [5, 5.41) is 4.25. The van der Waals surface area contributed by atoms with E-state index in [2.05, 4.69) is 20.3 Å². The average molecular weight is 356 g/mol. The van der Waals surface area contributed by atoms with Crippen molar-refractivity contribution >= 4 is 26.6 Å². The van der Waals surface area contributed by atoms with Crippen LogP contribution in [0, 0.1) is 0 Å². The third kappa shape index (κ3) is 4.51. The summed E-state index contributed by atoms with van der Waals surface area (Å²) in [6.07, 6.45) is 5.18. The smallest absolute Gasteiger partial charge is 0.162 e. The van der Waals surface area contributed by atoms with Gasteiger partial charge in [0, 0.05) is 35.6 Å². The molecule has 3 rings (SSSR count). The first-order valence-corrected chi connectivity index (χ1v) is 10.1. The van der Waals surface area contributed by atoms with Crippen LogP contribution in [0.15, 0.2) is 48.8 Å². The fourth-order valence-electron chi connectivity index (χ4n) is 2.51. The summed E-state index contributed by atoms with van der Waals surface area (Å²) in [4.78, 5) is 13.3. The largest absolute Gasteiger partial charge is 0.367 e. The third-order valence-corrected chi connectivity index (χ3v) is 4.82. The number of hydrogen-bond donors (Lipinski definition) is 1. The molecule has 0 saturated carbocycles. The molecule has 0 saturated heterocycles. The molecule has 0 aliphatic rings. The molecule has 0 radical (unpaired) electrons. The van der Waals surface area contributed by atoms with E-state index in [1.165, 1.54) is 6.26 Å². The number of rotatable bonds is 6. The monoisotopic (exact) mass is 356 g/mol. The van der Waals surface area contributed by atoms with Gasteiger partial charge in [0.25, 0.3) is 0 Å². The van der Waals surface area contributed by atoms with E-state index < -0.39 is 9.84 Å². The molecule has 0 bridgehead atoms. The van der Waals surface area contributed by atoms with E-state index in [1.54, 1.807) is 12.4 Å². The molecule has 0 amide bonds. The van der Waals surface area contributed by atoms with Gasteiger partial charge in [0.05, 0.1) is 11.3 Å². The van der Waals surface area contributed by atoms with E-state index in [0.717, 1.165) is 16.5 Å². The number of benzene rings is 1. The second-order valence-corrected chi connectivity index (χ2v) is 8.37. The first kappa shape index (κ1) is 17.3. The fraction of sp³-hybridized carbons (Fsp3) is 0.278. The van der Waals surface area contributed by atoms with Gasteiger partial charge in [0.1, 0.15) is 15.7 Å². The summed E-state index contributed by atoms with van der Waals surface area (Å²) < 4.78 is 22.8. The van der Waals surface area contributed by atoms with E-state index in [4.69, 9.17) is 0 Å². The van der Waals surface area contributed by atoms with Crippen molar-refractivity contribution in [3.63, 3.8) is 0 Å². The van der Waals surface area contributed by atoms with Gasteiger partial charge in [-0.25, -0.2) is 18.4 Å². The maximum atomic E-state index is 11.4. The minimum atomic E-state index is -2.98. The van der Waals surface area contributed by atoms with E-state index >= 15 is 0 Å². The predicted molar refractivity (Wildman–Crippen MR) is 100 cm³/mol. The van der Waals surface area contributed by atoms with Crippen LogP contribution in [0.5, 0.6) is 0 Å². The Hall–Kier alpha value is -2.54. The molecule has 2 heterocycles. The zero-order valence-corrected chi connectivity index (χ0v) is 15.0. The molecule has 7 heteroatoms. The van der Waals surface area contributed by atoms with Crippen LogP contribution >= 0.6 is 0 Å². The highest BCUT2D eigenvalue weighted by molar-refractivity contribution is 7.90. The van der Waals surface area contributed by atoms with Crippen LogP contribution in [0.1, 0.15) is 13.3 Å². The van der Waals surface area contributed by atoms with Crippen LogP contribution < -0.4 is 5.32 Å². The standard InChI is InChI=1S/C18H20N4O2S/c1-13(9-12-25(2,23)24)20-18-15-5-3-4-6-16(15)21-17(22-18)14-7-10-19-11-8-14/h3-8,10-11,13H,9,12H2,1-2H3,(H,20,21,22). The van der Waals surface area contributed by atoms with Crippen LogP contribution in [0.3, 0.4) is 0 Å². The zero-order valence-electron chi connectivity index (χ0n) is 14.2. The minimum absolute atomic E-state index is 0.0293. The molecule has 0 aliphatic carbocycles. The van der Waals surface area contributed by atoms with Gasteiger partial charge in [0.15, 0.2) is 5.82 Å². The Bertz CT molecular complexity index is 975. The van der Waals surface area contributed by atoms with Crippen LogP contribution in [0.4, 0.5) is 5.82 Å². The number of sulfone groups is 1. The van der Waals surface area contributed by atoms with Crippen molar-refractivity contribution in [2.24, 2.45) is 0 Å². The first-order chi connectivity index (χ1) is 11.9. The normalized spacial score (nSPS) is 12.9. The summed E-state index contributed by atoms with van der Waals surface area (Å²) in [7, 11) is -2.98. The highest BCUT2D eigenvalue weighted by Gasteiger charge is 2.13. The highest BCUT2D eigenvalue weighted by Crippen LogP contribution is 2.25. The molecular formula is C18H20N4O2S. The molecule has 1 unspecified atom stereocenters. The molecule has 0 aliphatic heterocycles. The molecular weight excluding hydrogens is 336 g/mol. The molecule has 1 atom stereocenters. The molecule has 3 aromatic rings. The maximum Gasteiger partial charge on any atom is 0.162 e. The van der Waals surface area contributed by atoms with Gasteiger partial charge in [-0.1, -0.05) is 12.1 Å². The van der Waals surface area contributed by atoms with Gasteiger partial charge >= 0.3 is 0 Å². The van der Waals surface area contributed by atoms with Crippen molar-refractivity contribution in [2.75, 3.05) is 17.3 Å². The zero-order chi connectivity index (χ0) is 17.9. The van der Waals surface area contributed by atoms with Gasteiger partial charge in [-0.3, -0.25) is 4.98 Å². The summed E-state index contributed by atoms with van der Waals surface area (Å²) in [6.45, 7) is 1.95. The van der Waals surface area contributed by atoms with Gasteiger partial charge < -0.3 is 5.32 Å². The van der Waals surface area contributed by atoms with Crippen LogP contribution in [-0.4, -0.2) is 41.4 Å². The number of anilines is 1. The Balaban J connectivity index is 1.95. The Morgan fingerprint density at radius 3 is 2.52 bits per heavy atom. The SMILES string of the molecule is CC(CCS(C)(=O)=O)Nc1nc(-c2ccncc2)nc2ccccc12. The molecule has 0 fully saturated rings. The van der Waals surface area contributed by atoms with E-state index in [1.807, 2.05) is 43.3 Å². The van der Waals surface area contributed by atoms with Crippen LogP contribution in [0.25, 0.3) is 22.3 Å². The number of fused-ring (bicyclic) bond motifs is 1. The van der Waals surface area contributed by atoms with Crippen molar-refractivity contribution in [1.29, 1.82) is 0 Å². The van der Waals surface area contributed by atoms with Gasteiger partial charge in [0.2, 0.25) is 0 Å². The maximum absolute atomic E-state index is 11.4. The summed E-state index contributed by atoms with van der Waals surface area (Å²) in [6, 6.07) is 11.5. The van der Waals surface area contributed by atoms with Crippen molar-refractivity contribution < 1.29 is 8.42 Å². The van der Waals surface area contributed by atoms with E-state index in [9.17, 15) is 8.42 Å². The van der Waals surface area contributed by atoms with Gasteiger partial charge in [-0.2, -0.15) is 0 Å². The lowest BCUT2D eigenvalue weighted by atomic mass is 10.2. The summed E-state index contributed by atoms with van der Waals surface area (Å²) >= 11 is 0.